The van der Waals surface area contributed by atoms with E-state index < -0.39 is 5.97 Å². The van der Waals surface area contributed by atoms with Gasteiger partial charge in [-0.25, -0.2) is 4.79 Å². The van der Waals surface area contributed by atoms with Crippen LogP contribution < -0.4 is 10.1 Å². The first-order valence-electron chi connectivity index (χ1n) is 9.01. The van der Waals surface area contributed by atoms with Gasteiger partial charge in [0.2, 0.25) is 0 Å². The molecule has 0 unspecified atom stereocenters. The van der Waals surface area contributed by atoms with Crippen LogP contribution in [0.4, 0.5) is 0 Å². The fourth-order valence-corrected chi connectivity index (χ4v) is 2.85. The number of carbonyl (C=O) groups excluding carboxylic acids is 1. The Bertz CT molecular complexity index is 1020. The normalized spacial score (nSPS) is 11.2. The van der Waals surface area contributed by atoms with E-state index in [0.717, 1.165) is 16.3 Å². The van der Waals surface area contributed by atoms with Crippen LogP contribution in [0, 0.1) is 0 Å². The molecule has 0 saturated heterocycles. The van der Waals surface area contributed by atoms with Crippen molar-refractivity contribution in [1.29, 1.82) is 0 Å². The Balaban J connectivity index is 1.85. The summed E-state index contributed by atoms with van der Waals surface area (Å²) in [5, 5.41) is 13.8. The zero-order valence-corrected chi connectivity index (χ0v) is 15.5. The van der Waals surface area contributed by atoms with Crippen molar-refractivity contribution < 1.29 is 19.4 Å². The molecule has 28 heavy (non-hydrogen) atoms. The first-order chi connectivity index (χ1) is 13.6. The molecule has 0 atom stereocenters. The molecule has 142 valence electrons. The Morgan fingerprint density at radius 1 is 1.00 bits per heavy atom. The predicted molar refractivity (Wildman–Crippen MR) is 110 cm³/mol. The van der Waals surface area contributed by atoms with E-state index in [4.69, 9.17) is 9.84 Å². The number of carbonyl (C=O) groups is 2. The van der Waals surface area contributed by atoms with Gasteiger partial charge in [0, 0.05) is 11.9 Å². The molecule has 3 aromatic carbocycles. The molecule has 0 fully saturated rings. The maximum atomic E-state index is 12.5. The van der Waals surface area contributed by atoms with E-state index in [1.807, 2.05) is 49.4 Å². The van der Waals surface area contributed by atoms with Crippen LogP contribution in [0.2, 0.25) is 0 Å². The molecule has 0 aliphatic carbocycles. The number of hydrogen-bond acceptors (Lipinski definition) is 3. The van der Waals surface area contributed by atoms with Crippen molar-refractivity contribution in [3.8, 4) is 5.75 Å². The van der Waals surface area contributed by atoms with Crippen LogP contribution in [0.3, 0.4) is 0 Å². The summed E-state index contributed by atoms with van der Waals surface area (Å²) in [6.07, 6.45) is 1.71. The second kappa shape index (κ2) is 8.86. The number of rotatable bonds is 7. The maximum Gasteiger partial charge on any atom is 0.335 e. The molecular formula is C23H21NO4. The molecule has 0 radical (unpaired) electrons. The molecule has 1 amide bonds. The van der Waals surface area contributed by atoms with Crippen LogP contribution in [0.25, 0.3) is 16.8 Å². The zero-order chi connectivity index (χ0) is 19.9. The molecule has 0 aromatic heterocycles. The third-order valence-corrected chi connectivity index (χ3v) is 4.26. The van der Waals surface area contributed by atoms with E-state index in [0.29, 0.717) is 17.9 Å². The second-order valence-corrected chi connectivity index (χ2v) is 6.22. The maximum absolute atomic E-state index is 12.5. The molecule has 0 aliphatic rings. The fraction of sp³-hybridized carbons (Fsp3) is 0.130. The summed E-state index contributed by atoms with van der Waals surface area (Å²) < 4.78 is 5.96. The van der Waals surface area contributed by atoms with E-state index in [9.17, 15) is 9.59 Å². The summed E-state index contributed by atoms with van der Waals surface area (Å²) in [5.74, 6) is -0.502. The Labute approximate surface area is 163 Å². The lowest BCUT2D eigenvalue weighted by Gasteiger charge is -2.12. The van der Waals surface area contributed by atoms with Crippen LogP contribution in [-0.2, 0) is 4.79 Å². The highest BCUT2D eigenvalue weighted by Gasteiger charge is 2.11. The lowest BCUT2D eigenvalue weighted by Crippen LogP contribution is -2.27. The molecule has 3 aromatic rings. The Morgan fingerprint density at radius 2 is 1.71 bits per heavy atom. The monoisotopic (exact) mass is 375 g/mol. The zero-order valence-electron chi connectivity index (χ0n) is 15.5. The van der Waals surface area contributed by atoms with Crippen LogP contribution >= 0.6 is 0 Å². The van der Waals surface area contributed by atoms with E-state index in [-0.39, 0.29) is 18.1 Å². The minimum atomic E-state index is -0.987. The van der Waals surface area contributed by atoms with Gasteiger partial charge in [0.05, 0.1) is 11.1 Å². The number of carboxylic acid groups (broad SMARTS) is 1. The van der Waals surface area contributed by atoms with Gasteiger partial charge in [-0.2, -0.15) is 0 Å². The third-order valence-electron chi connectivity index (χ3n) is 4.26. The Hall–Kier alpha value is -3.60. The molecule has 3 rings (SSSR count). The fourth-order valence-electron chi connectivity index (χ4n) is 2.85. The molecule has 0 heterocycles. The van der Waals surface area contributed by atoms with E-state index in [1.54, 1.807) is 18.2 Å². The van der Waals surface area contributed by atoms with Crippen LogP contribution in [0.15, 0.2) is 72.3 Å². The number of ether oxygens (including phenoxy) is 1. The molecule has 5 nitrogen and oxygen atoms in total. The van der Waals surface area contributed by atoms with Gasteiger partial charge in [0.25, 0.3) is 5.91 Å². The molecular weight excluding hydrogens is 354 g/mol. The Kier molecular flexibility index (Phi) is 6.07. The lowest BCUT2D eigenvalue weighted by atomic mass is 10.1. The minimum Gasteiger partial charge on any atom is -0.488 e. The highest BCUT2D eigenvalue weighted by molar-refractivity contribution is 5.98. The molecule has 0 saturated carbocycles. The SMILES string of the molecule is CCNC(=O)C(=Cc1ccc(C(=O)O)cc1)COc1cccc2ccccc12. The van der Waals surface area contributed by atoms with Gasteiger partial charge >= 0.3 is 5.97 Å². The topological polar surface area (TPSA) is 75.6 Å². The van der Waals surface area contributed by atoms with Crippen molar-refractivity contribution >= 4 is 28.7 Å². The average molecular weight is 375 g/mol. The van der Waals surface area contributed by atoms with Gasteiger partial charge in [-0.3, -0.25) is 4.79 Å². The number of hydrogen-bond donors (Lipinski definition) is 2. The second-order valence-electron chi connectivity index (χ2n) is 6.22. The minimum absolute atomic E-state index is 0.0977. The van der Waals surface area contributed by atoms with Gasteiger partial charge in [0.1, 0.15) is 12.4 Å². The van der Waals surface area contributed by atoms with Gasteiger partial charge in [-0.1, -0.05) is 48.5 Å². The Morgan fingerprint density at radius 3 is 2.43 bits per heavy atom. The predicted octanol–water partition coefficient (Wildman–Crippen LogP) is 4.14. The summed E-state index contributed by atoms with van der Waals surface area (Å²) in [5.41, 5.74) is 1.38. The van der Waals surface area contributed by atoms with Crippen molar-refractivity contribution in [1.82, 2.24) is 5.32 Å². The van der Waals surface area contributed by atoms with E-state index in [2.05, 4.69) is 5.32 Å². The average Bonchev–Trinajstić information content (AvgIpc) is 2.71. The molecule has 0 bridgehead atoms. The van der Waals surface area contributed by atoms with Crippen LogP contribution in [0.1, 0.15) is 22.8 Å². The standard InChI is InChI=1S/C23H21NO4/c1-2-24-22(25)19(14-16-10-12-18(13-11-16)23(26)27)15-28-21-9-5-7-17-6-3-4-8-20(17)21/h3-14H,2,15H2,1H3,(H,24,25)(H,26,27). The van der Waals surface area contributed by atoms with E-state index in [1.165, 1.54) is 12.1 Å². The number of aromatic carboxylic acids is 1. The van der Waals surface area contributed by atoms with Crippen molar-refractivity contribution in [3.05, 3.63) is 83.4 Å². The molecule has 5 heteroatoms. The number of amides is 1. The third kappa shape index (κ3) is 4.57. The van der Waals surface area contributed by atoms with Gasteiger partial charge in [0.15, 0.2) is 0 Å². The van der Waals surface area contributed by atoms with Crippen molar-refractivity contribution in [2.24, 2.45) is 0 Å². The first-order valence-corrected chi connectivity index (χ1v) is 9.01. The summed E-state index contributed by atoms with van der Waals surface area (Å²) in [6, 6.07) is 20.0. The van der Waals surface area contributed by atoms with Crippen LogP contribution in [-0.4, -0.2) is 30.1 Å². The smallest absolute Gasteiger partial charge is 0.335 e. The number of fused-ring (bicyclic) bond motifs is 1. The molecule has 2 N–H and O–H groups in total. The van der Waals surface area contributed by atoms with Gasteiger partial charge in [-0.05, 0) is 42.1 Å². The highest BCUT2D eigenvalue weighted by atomic mass is 16.5. The van der Waals surface area contributed by atoms with Crippen molar-refractivity contribution in [2.75, 3.05) is 13.2 Å². The largest absolute Gasteiger partial charge is 0.488 e. The lowest BCUT2D eigenvalue weighted by molar-refractivity contribution is -0.117. The van der Waals surface area contributed by atoms with Crippen molar-refractivity contribution in [2.45, 2.75) is 6.92 Å². The first kappa shape index (κ1) is 19.2. The number of carboxylic acids is 1. The highest BCUT2D eigenvalue weighted by Crippen LogP contribution is 2.25. The number of likely N-dealkylation sites (N-methyl/N-ethyl adjacent to an activating group) is 1. The summed E-state index contributed by atoms with van der Waals surface area (Å²) in [7, 11) is 0. The van der Waals surface area contributed by atoms with Crippen LogP contribution in [0.5, 0.6) is 5.75 Å². The van der Waals surface area contributed by atoms with Gasteiger partial charge in [-0.15, -0.1) is 0 Å². The molecule has 0 spiro atoms. The van der Waals surface area contributed by atoms with E-state index >= 15 is 0 Å². The number of nitrogens with one attached hydrogen (secondary N) is 1. The summed E-state index contributed by atoms with van der Waals surface area (Å²) in [6.45, 7) is 2.45. The summed E-state index contributed by atoms with van der Waals surface area (Å²) in [4.78, 5) is 23.4. The molecule has 0 aliphatic heterocycles. The summed E-state index contributed by atoms with van der Waals surface area (Å²) >= 11 is 0. The quantitative estimate of drug-likeness (QED) is 0.609. The van der Waals surface area contributed by atoms with Gasteiger partial charge < -0.3 is 15.2 Å². The van der Waals surface area contributed by atoms with Crippen molar-refractivity contribution in [3.63, 3.8) is 0 Å². The number of benzene rings is 3.